The highest BCUT2D eigenvalue weighted by molar-refractivity contribution is 7.89. The van der Waals surface area contributed by atoms with Crippen molar-refractivity contribution in [2.24, 2.45) is 0 Å². The van der Waals surface area contributed by atoms with E-state index in [1.165, 1.54) is 6.07 Å². The van der Waals surface area contributed by atoms with Gasteiger partial charge in [0.2, 0.25) is 10.0 Å². The first-order valence-electron chi connectivity index (χ1n) is 7.28. The molecule has 5 nitrogen and oxygen atoms in total. The van der Waals surface area contributed by atoms with Crippen molar-refractivity contribution in [1.82, 2.24) is 4.72 Å². The van der Waals surface area contributed by atoms with Gasteiger partial charge in [-0.3, -0.25) is 0 Å². The smallest absolute Gasteiger partial charge is 0.244 e. The summed E-state index contributed by atoms with van der Waals surface area (Å²) < 4.78 is 38.5. The summed E-state index contributed by atoms with van der Waals surface area (Å²) in [7, 11) is -2.10. The van der Waals surface area contributed by atoms with E-state index in [4.69, 9.17) is 9.47 Å². The van der Waals surface area contributed by atoms with Crippen molar-refractivity contribution in [2.45, 2.75) is 24.8 Å². The Labute approximate surface area is 141 Å². The number of para-hydroxylation sites is 1. The summed E-state index contributed by atoms with van der Waals surface area (Å²) in [4.78, 5) is 2.29. The number of hydrogen-bond acceptors (Lipinski definition) is 5. The molecule has 23 heavy (non-hydrogen) atoms. The van der Waals surface area contributed by atoms with Crippen molar-refractivity contribution in [3.63, 3.8) is 0 Å². The molecule has 1 heterocycles. The maximum atomic E-state index is 12.5. The maximum absolute atomic E-state index is 12.5. The van der Waals surface area contributed by atoms with E-state index in [1.54, 1.807) is 36.6 Å². The quantitative estimate of drug-likeness (QED) is 0.790. The molecule has 0 bridgehead atoms. The van der Waals surface area contributed by atoms with Gasteiger partial charge in [-0.25, -0.2) is 13.1 Å². The van der Waals surface area contributed by atoms with Gasteiger partial charge in [0.25, 0.3) is 0 Å². The van der Waals surface area contributed by atoms with Gasteiger partial charge in [-0.15, -0.1) is 11.3 Å². The molecule has 0 amide bonds. The van der Waals surface area contributed by atoms with E-state index in [0.717, 1.165) is 9.75 Å². The summed E-state index contributed by atoms with van der Waals surface area (Å²) in [5.74, 6) is 0.350. The largest absolute Gasteiger partial charge is 0.492 e. The van der Waals surface area contributed by atoms with Crippen molar-refractivity contribution < 1.29 is 17.9 Å². The molecule has 0 saturated carbocycles. The second-order valence-corrected chi connectivity index (χ2v) is 7.96. The zero-order valence-electron chi connectivity index (χ0n) is 13.4. The van der Waals surface area contributed by atoms with E-state index in [2.05, 4.69) is 4.72 Å². The SMILES string of the molecule is CCOc1ccccc1S(=O)(=O)NCC(OC)c1ccc(C)s1. The highest BCUT2D eigenvalue weighted by Crippen LogP contribution is 2.26. The third-order valence-electron chi connectivity index (χ3n) is 3.26. The lowest BCUT2D eigenvalue weighted by molar-refractivity contribution is 0.110. The fourth-order valence-corrected chi connectivity index (χ4v) is 4.27. The molecule has 1 N–H and O–H groups in total. The lowest BCUT2D eigenvalue weighted by atomic mass is 10.3. The van der Waals surface area contributed by atoms with Gasteiger partial charge in [-0.1, -0.05) is 12.1 Å². The van der Waals surface area contributed by atoms with Gasteiger partial charge in [0.1, 0.15) is 16.7 Å². The Balaban J connectivity index is 2.15. The molecule has 0 spiro atoms. The Kier molecular flexibility index (Phi) is 6.17. The number of aryl methyl sites for hydroxylation is 1. The summed E-state index contributed by atoms with van der Waals surface area (Å²) >= 11 is 1.59. The maximum Gasteiger partial charge on any atom is 0.244 e. The van der Waals surface area contributed by atoms with Crippen LogP contribution in [0.2, 0.25) is 0 Å². The number of methoxy groups -OCH3 is 1. The average Bonchev–Trinajstić information content (AvgIpc) is 2.95. The normalized spacial score (nSPS) is 13.0. The molecule has 0 aliphatic carbocycles. The van der Waals surface area contributed by atoms with Crippen LogP contribution in [0.5, 0.6) is 5.75 Å². The van der Waals surface area contributed by atoms with E-state index in [9.17, 15) is 8.42 Å². The summed E-state index contributed by atoms with van der Waals surface area (Å²) in [6, 6.07) is 10.5. The minimum absolute atomic E-state index is 0.138. The van der Waals surface area contributed by atoms with Crippen LogP contribution in [0, 0.1) is 6.92 Å². The van der Waals surface area contributed by atoms with Crippen LogP contribution in [0.3, 0.4) is 0 Å². The number of hydrogen-bond donors (Lipinski definition) is 1. The van der Waals surface area contributed by atoms with E-state index in [-0.39, 0.29) is 17.5 Å². The number of sulfonamides is 1. The Morgan fingerprint density at radius 2 is 1.96 bits per heavy atom. The molecule has 1 aromatic carbocycles. The predicted molar refractivity (Wildman–Crippen MR) is 91.6 cm³/mol. The van der Waals surface area contributed by atoms with Gasteiger partial charge < -0.3 is 9.47 Å². The summed E-state index contributed by atoms with van der Waals surface area (Å²) in [6.45, 7) is 4.39. The minimum atomic E-state index is -3.67. The molecule has 0 saturated heterocycles. The standard InChI is InChI=1S/C16H21NO4S2/c1-4-21-13-7-5-6-8-16(13)23(18,19)17-11-14(20-3)15-10-9-12(2)22-15/h5-10,14,17H,4,11H2,1-3H3. The van der Waals surface area contributed by atoms with E-state index < -0.39 is 10.0 Å². The zero-order chi connectivity index (χ0) is 16.9. The fraction of sp³-hybridized carbons (Fsp3) is 0.375. The number of ether oxygens (including phenoxy) is 2. The zero-order valence-corrected chi connectivity index (χ0v) is 15.0. The van der Waals surface area contributed by atoms with Crippen LogP contribution in [0.25, 0.3) is 0 Å². The first-order chi connectivity index (χ1) is 11.0. The summed E-state index contributed by atoms with van der Waals surface area (Å²) in [6.07, 6.45) is -0.317. The van der Waals surface area contributed by atoms with Crippen molar-refractivity contribution in [3.05, 3.63) is 46.2 Å². The molecule has 0 fully saturated rings. The van der Waals surface area contributed by atoms with Crippen LogP contribution in [-0.2, 0) is 14.8 Å². The molecule has 7 heteroatoms. The Bertz CT molecular complexity index is 740. The lowest BCUT2D eigenvalue weighted by Gasteiger charge is -2.16. The molecular formula is C16H21NO4S2. The molecule has 1 aromatic heterocycles. The van der Waals surface area contributed by atoms with E-state index in [1.807, 2.05) is 26.0 Å². The molecule has 2 rings (SSSR count). The Hall–Kier alpha value is -1.41. The summed E-state index contributed by atoms with van der Waals surface area (Å²) in [5.41, 5.74) is 0. The van der Waals surface area contributed by atoms with Gasteiger partial charge in [-0.05, 0) is 38.1 Å². The van der Waals surface area contributed by atoms with Crippen molar-refractivity contribution in [1.29, 1.82) is 0 Å². The third kappa shape index (κ3) is 4.54. The highest BCUT2D eigenvalue weighted by atomic mass is 32.2. The van der Waals surface area contributed by atoms with Crippen molar-refractivity contribution >= 4 is 21.4 Å². The second kappa shape index (κ2) is 7.92. The fourth-order valence-electron chi connectivity index (χ4n) is 2.14. The average molecular weight is 355 g/mol. The van der Waals surface area contributed by atoms with E-state index in [0.29, 0.717) is 12.4 Å². The molecule has 126 valence electrons. The second-order valence-electron chi connectivity index (χ2n) is 4.90. The van der Waals surface area contributed by atoms with Gasteiger partial charge in [0.15, 0.2) is 0 Å². The molecule has 0 aliphatic heterocycles. The topological polar surface area (TPSA) is 64.6 Å². The Morgan fingerprint density at radius 1 is 1.22 bits per heavy atom. The number of thiophene rings is 1. The predicted octanol–water partition coefficient (Wildman–Crippen LogP) is 3.12. The molecule has 1 unspecified atom stereocenters. The number of benzene rings is 1. The van der Waals surface area contributed by atoms with Gasteiger partial charge in [0.05, 0.1) is 6.61 Å². The van der Waals surface area contributed by atoms with E-state index >= 15 is 0 Å². The van der Waals surface area contributed by atoms with Gasteiger partial charge in [0, 0.05) is 23.4 Å². The summed E-state index contributed by atoms with van der Waals surface area (Å²) in [5, 5.41) is 0. The van der Waals surface area contributed by atoms with Crippen LogP contribution in [0.4, 0.5) is 0 Å². The molecule has 1 atom stereocenters. The molecule has 2 aromatic rings. The van der Waals surface area contributed by atoms with Crippen LogP contribution < -0.4 is 9.46 Å². The third-order valence-corrected chi connectivity index (χ3v) is 5.82. The van der Waals surface area contributed by atoms with Gasteiger partial charge in [-0.2, -0.15) is 0 Å². The highest BCUT2D eigenvalue weighted by Gasteiger charge is 2.22. The van der Waals surface area contributed by atoms with Crippen molar-refractivity contribution in [3.8, 4) is 5.75 Å². The number of nitrogens with one attached hydrogen (secondary N) is 1. The van der Waals surface area contributed by atoms with Crippen LogP contribution in [-0.4, -0.2) is 28.7 Å². The van der Waals surface area contributed by atoms with Crippen molar-refractivity contribution in [2.75, 3.05) is 20.3 Å². The molecule has 0 radical (unpaired) electrons. The first-order valence-corrected chi connectivity index (χ1v) is 9.58. The number of rotatable bonds is 8. The molecule has 0 aliphatic rings. The van der Waals surface area contributed by atoms with Crippen LogP contribution >= 0.6 is 11.3 Å². The van der Waals surface area contributed by atoms with Gasteiger partial charge >= 0.3 is 0 Å². The lowest BCUT2D eigenvalue weighted by Crippen LogP contribution is -2.29. The van der Waals surface area contributed by atoms with Crippen LogP contribution in [0.15, 0.2) is 41.3 Å². The minimum Gasteiger partial charge on any atom is -0.492 e. The molecular weight excluding hydrogens is 334 g/mol. The Morgan fingerprint density at radius 3 is 2.57 bits per heavy atom. The van der Waals surface area contributed by atoms with Crippen LogP contribution in [0.1, 0.15) is 22.8 Å². The first kappa shape index (κ1) is 17.9. The monoisotopic (exact) mass is 355 g/mol.